The molecule has 152 valence electrons. The van der Waals surface area contributed by atoms with Crippen molar-refractivity contribution in [2.45, 2.75) is 18.4 Å². The molecule has 7 nitrogen and oxygen atoms in total. The molecular formula is C21H18FN5O2S. The van der Waals surface area contributed by atoms with Crippen LogP contribution in [0.4, 0.5) is 10.3 Å². The van der Waals surface area contributed by atoms with Gasteiger partial charge in [0.05, 0.1) is 4.90 Å². The highest BCUT2D eigenvalue weighted by molar-refractivity contribution is 7.90. The lowest BCUT2D eigenvalue weighted by atomic mass is 10.2. The lowest BCUT2D eigenvalue weighted by Gasteiger charge is -2.09. The van der Waals surface area contributed by atoms with E-state index in [1.54, 1.807) is 48.8 Å². The molecule has 4 rings (SSSR count). The third kappa shape index (κ3) is 4.06. The van der Waals surface area contributed by atoms with Gasteiger partial charge in [0.25, 0.3) is 10.0 Å². The molecule has 0 aliphatic rings. The third-order valence-corrected chi connectivity index (χ3v) is 5.99. The fourth-order valence-corrected chi connectivity index (χ4v) is 3.98. The van der Waals surface area contributed by atoms with Crippen LogP contribution in [0.3, 0.4) is 0 Å². The zero-order chi connectivity index (χ0) is 21.1. The number of nitrogens with one attached hydrogen (secondary N) is 1. The number of hydrogen-bond acceptors (Lipinski definition) is 6. The number of halogens is 1. The molecule has 0 aliphatic carbocycles. The summed E-state index contributed by atoms with van der Waals surface area (Å²) in [6.45, 7) is 2.12. The molecule has 0 aliphatic heterocycles. The van der Waals surface area contributed by atoms with E-state index < -0.39 is 10.0 Å². The maximum Gasteiger partial charge on any atom is 0.286 e. The standard InChI is InChI=1S/C21H18FN5O2S/c1-15-4-10-19(11-5-15)30(28,29)27-21(24-13-16-6-8-18(22)9-7-16)25-20(26-27)17-3-2-12-23-14-17/h2-12,14H,13H2,1H3,(H,24,25,26). The highest BCUT2D eigenvalue weighted by Crippen LogP contribution is 2.22. The number of benzene rings is 2. The van der Waals surface area contributed by atoms with E-state index in [-0.39, 0.29) is 29.0 Å². The number of anilines is 1. The van der Waals surface area contributed by atoms with E-state index in [9.17, 15) is 12.8 Å². The van der Waals surface area contributed by atoms with Crippen LogP contribution in [-0.2, 0) is 16.6 Å². The van der Waals surface area contributed by atoms with Crippen molar-refractivity contribution in [2.75, 3.05) is 5.32 Å². The van der Waals surface area contributed by atoms with E-state index in [1.165, 1.54) is 24.3 Å². The van der Waals surface area contributed by atoms with Gasteiger partial charge in [-0.2, -0.15) is 13.4 Å². The Kier molecular flexibility index (Phi) is 5.28. The Morgan fingerprint density at radius 2 is 1.77 bits per heavy atom. The van der Waals surface area contributed by atoms with Gasteiger partial charge in [-0.05, 0) is 48.9 Å². The number of nitrogens with zero attached hydrogens (tertiary/aromatic N) is 4. The maximum atomic E-state index is 13.2. The summed E-state index contributed by atoms with van der Waals surface area (Å²) in [5.74, 6) is -0.0677. The summed E-state index contributed by atoms with van der Waals surface area (Å²) in [6.07, 6.45) is 3.17. The molecule has 0 spiro atoms. The molecule has 4 aromatic rings. The number of aromatic nitrogens is 4. The van der Waals surface area contributed by atoms with Gasteiger partial charge >= 0.3 is 0 Å². The lowest BCUT2D eigenvalue weighted by Crippen LogP contribution is -2.18. The molecule has 0 atom stereocenters. The Morgan fingerprint density at radius 1 is 1.03 bits per heavy atom. The second-order valence-corrected chi connectivity index (χ2v) is 8.41. The first-order valence-electron chi connectivity index (χ1n) is 9.11. The molecule has 2 aromatic heterocycles. The van der Waals surface area contributed by atoms with Crippen molar-refractivity contribution in [3.05, 3.63) is 90.0 Å². The second-order valence-electron chi connectivity index (χ2n) is 6.64. The Hall–Kier alpha value is -3.59. The Bertz CT molecular complexity index is 1260. The van der Waals surface area contributed by atoms with Crippen LogP contribution in [0.15, 0.2) is 78.0 Å². The monoisotopic (exact) mass is 423 g/mol. The van der Waals surface area contributed by atoms with Crippen molar-refractivity contribution in [1.82, 2.24) is 19.2 Å². The molecular weight excluding hydrogens is 405 g/mol. The van der Waals surface area contributed by atoms with Crippen molar-refractivity contribution >= 4 is 16.0 Å². The molecule has 0 saturated carbocycles. The zero-order valence-electron chi connectivity index (χ0n) is 16.0. The predicted octanol–water partition coefficient (Wildman–Crippen LogP) is 3.64. The normalized spacial score (nSPS) is 11.4. The Labute approximate surface area is 173 Å². The van der Waals surface area contributed by atoms with Gasteiger partial charge < -0.3 is 5.32 Å². The van der Waals surface area contributed by atoms with Crippen LogP contribution in [0, 0.1) is 12.7 Å². The van der Waals surface area contributed by atoms with Gasteiger partial charge in [-0.15, -0.1) is 9.19 Å². The minimum Gasteiger partial charge on any atom is -0.349 e. The van der Waals surface area contributed by atoms with Gasteiger partial charge in [-0.1, -0.05) is 29.8 Å². The third-order valence-electron chi connectivity index (χ3n) is 4.41. The minimum absolute atomic E-state index is 0.0544. The van der Waals surface area contributed by atoms with Gasteiger partial charge in [0.1, 0.15) is 5.82 Å². The highest BCUT2D eigenvalue weighted by Gasteiger charge is 2.24. The summed E-state index contributed by atoms with van der Waals surface area (Å²) in [5, 5.41) is 7.23. The molecule has 2 heterocycles. The number of pyridine rings is 1. The van der Waals surface area contributed by atoms with E-state index in [1.807, 2.05) is 6.92 Å². The van der Waals surface area contributed by atoms with Gasteiger partial charge in [0, 0.05) is 24.5 Å². The van der Waals surface area contributed by atoms with E-state index in [0.29, 0.717) is 5.56 Å². The van der Waals surface area contributed by atoms with Gasteiger partial charge in [-0.3, -0.25) is 4.98 Å². The number of rotatable bonds is 6. The summed E-state index contributed by atoms with van der Waals surface area (Å²) in [7, 11) is -3.98. The average molecular weight is 423 g/mol. The molecule has 0 radical (unpaired) electrons. The largest absolute Gasteiger partial charge is 0.349 e. The van der Waals surface area contributed by atoms with Crippen LogP contribution in [-0.4, -0.2) is 27.6 Å². The van der Waals surface area contributed by atoms with E-state index in [2.05, 4.69) is 20.4 Å². The van der Waals surface area contributed by atoms with E-state index in [4.69, 9.17) is 0 Å². The zero-order valence-corrected chi connectivity index (χ0v) is 16.8. The Morgan fingerprint density at radius 3 is 2.43 bits per heavy atom. The van der Waals surface area contributed by atoms with Crippen molar-refractivity contribution in [2.24, 2.45) is 0 Å². The average Bonchev–Trinajstić information content (AvgIpc) is 3.20. The fourth-order valence-electron chi connectivity index (χ4n) is 2.78. The van der Waals surface area contributed by atoms with E-state index in [0.717, 1.165) is 15.2 Å². The Balaban J connectivity index is 1.74. The fraction of sp³-hybridized carbons (Fsp3) is 0.0952. The molecule has 0 amide bonds. The van der Waals surface area contributed by atoms with Gasteiger partial charge in [-0.25, -0.2) is 4.39 Å². The summed E-state index contributed by atoms with van der Waals surface area (Å²) in [5.41, 5.74) is 2.29. The number of aryl methyl sites for hydroxylation is 1. The minimum atomic E-state index is -3.98. The topological polar surface area (TPSA) is 89.8 Å². The molecule has 2 aromatic carbocycles. The number of hydrogen-bond donors (Lipinski definition) is 1. The summed E-state index contributed by atoms with van der Waals surface area (Å²) < 4.78 is 40.5. The molecule has 0 fully saturated rings. The smallest absolute Gasteiger partial charge is 0.286 e. The predicted molar refractivity (Wildman–Crippen MR) is 111 cm³/mol. The maximum absolute atomic E-state index is 13.2. The highest BCUT2D eigenvalue weighted by atomic mass is 32.2. The summed E-state index contributed by atoms with van der Waals surface area (Å²) >= 11 is 0. The van der Waals surface area contributed by atoms with E-state index >= 15 is 0 Å². The molecule has 9 heteroatoms. The lowest BCUT2D eigenvalue weighted by molar-refractivity contribution is 0.580. The van der Waals surface area contributed by atoms with Crippen molar-refractivity contribution in [3.63, 3.8) is 0 Å². The van der Waals surface area contributed by atoms with Crippen LogP contribution in [0.25, 0.3) is 11.4 Å². The SMILES string of the molecule is Cc1ccc(S(=O)(=O)n2nc(-c3cccnc3)nc2NCc2ccc(F)cc2)cc1. The van der Waals surface area contributed by atoms with Crippen LogP contribution in [0.5, 0.6) is 0 Å². The van der Waals surface area contributed by atoms with Crippen molar-refractivity contribution in [3.8, 4) is 11.4 Å². The summed E-state index contributed by atoms with van der Waals surface area (Å²) in [4.78, 5) is 8.50. The molecule has 0 unspecified atom stereocenters. The summed E-state index contributed by atoms with van der Waals surface area (Å²) in [6, 6.07) is 15.9. The molecule has 0 saturated heterocycles. The van der Waals surface area contributed by atoms with Crippen molar-refractivity contribution in [1.29, 1.82) is 0 Å². The first-order chi connectivity index (χ1) is 14.4. The first kappa shape index (κ1) is 19.7. The second kappa shape index (κ2) is 8.03. The van der Waals surface area contributed by atoms with Crippen LogP contribution < -0.4 is 5.32 Å². The van der Waals surface area contributed by atoms with Crippen LogP contribution in [0.2, 0.25) is 0 Å². The molecule has 1 N–H and O–H groups in total. The molecule has 30 heavy (non-hydrogen) atoms. The van der Waals surface area contributed by atoms with Gasteiger partial charge in [0.15, 0.2) is 5.82 Å². The first-order valence-corrected chi connectivity index (χ1v) is 10.6. The van der Waals surface area contributed by atoms with Crippen LogP contribution >= 0.6 is 0 Å². The van der Waals surface area contributed by atoms with Gasteiger partial charge in [0.2, 0.25) is 5.95 Å². The van der Waals surface area contributed by atoms with Crippen LogP contribution in [0.1, 0.15) is 11.1 Å². The van der Waals surface area contributed by atoms with Crippen molar-refractivity contribution < 1.29 is 12.8 Å². The molecule has 0 bridgehead atoms. The quantitative estimate of drug-likeness (QED) is 0.509.